The topological polar surface area (TPSA) is 95.4 Å². The minimum absolute atomic E-state index is 0.0598. The van der Waals surface area contributed by atoms with Crippen LogP contribution in [0.4, 0.5) is 0 Å². The van der Waals surface area contributed by atoms with Gasteiger partial charge in [-0.05, 0) is 69.0 Å². The minimum Gasteiger partial charge on any atom is -0.491 e. The molecule has 1 aromatic heterocycles. The lowest BCUT2D eigenvalue weighted by atomic mass is 9.98. The standard InChI is InChI=1S/C26H36ClN2O4PS/c1-6-8-11-21(33-18(3)4)12-9-10-20(7-2)14-13-19(5)22-15-24-25(16-23(22)27)29-26(28-24)35-17-34(30,31)32/h7,9,11-16,18-19H,6,8,10,17H2,1-5H3,(H,28,29)(H2,30,31,32)/b12-9?,14-13-,20-7?,21-11?. The van der Waals surface area contributed by atoms with E-state index in [1.807, 2.05) is 32.9 Å². The molecular formula is C26H36ClN2O4PS. The van der Waals surface area contributed by atoms with Crippen molar-refractivity contribution in [3.05, 3.63) is 70.5 Å². The van der Waals surface area contributed by atoms with Crippen LogP contribution < -0.4 is 0 Å². The Balaban J connectivity index is 2.10. The van der Waals surface area contributed by atoms with Gasteiger partial charge >= 0.3 is 7.60 Å². The van der Waals surface area contributed by atoms with Gasteiger partial charge in [0.25, 0.3) is 0 Å². The number of aromatic amines is 1. The first-order chi connectivity index (χ1) is 16.5. The number of fused-ring (bicyclic) bond motifs is 1. The van der Waals surface area contributed by atoms with E-state index in [0.717, 1.165) is 47.9 Å². The molecule has 9 heteroatoms. The Morgan fingerprint density at radius 2 is 2.03 bits per heavy atom. The summed E-state index contributed by atoms with van der Waals surface area (Å²) in [6, 6.07) is 3.73. The Morgan fingerprint density at radius 1 is 1.29 bits per heavy atom. The number of nitrogens with one attached hydrogen (secondary N) is 1. The molecule has 1 unspecified atom stereocenters. The Morgan fingerprint density at radius 3 is 2.66 bits per heavy atom. The highest BCUT2D eigenvalue weighted by atomic mass is 35.5. The molecule has 2 aromatic rings. The molecule has 0 radical (unpaired) electrons. The molecule has 192 valence electrons. The summed E-state index contributed by atoms with van der Waals surface area (Å²) in [4.78, 5) is 25.7. The third kappa shape index (κ3) is 10.4. The maximum Gasteiger partial charge on any atom is 0.335 e. The second-order valence-electron chi connectivity index (χ2n) is 8.55. The molecule has 0 fully saturated rings. The van der Waals surface area contributed by atoms with Crippen molar-refractivity contribution in [2.45, 2.75) is 71.1 Å². The third-order valence-electron chi connectivity index (χ3n) is 5.05. The summed E-state index contributed by atoms with van der Waals surface area (Å²) in [5.41, 5.74) is 3.25. The summed E-state index contributed by atoms with van der Waals surface area (Å²) < 4.78 is 17.0. The number of nitrogens with zero attached hydrogens (tertiary/aromatic N) is 1. The maximum absolute atomic E-state index is 11.1. The highest BCUT2D eigenvalue weighted by molar-refractivity contribution is 8.04. The number of H-pyrrole nitrogens is 1. The van der Waals surface area contributed by atoms with Gasteiger partial charge in [-0.15, -0.1) is 0 Å². The molecule has 0 saturated carbocycles. The molecular weight excluding hydrogens is 503 g/mol. The van der Waals surface area contributed by atoms with Crippen LogP contribution in [0.2, 0.25) is 5.02 Å². The highest BCUT2D eigenvalue weighted by Gasteiger charge is 2.16. The van der Waals surface area contributed by atoms with Gasteiger partial charge in [0.1, 0.15) is 11.3 Å². The second-order valence-corrected chi connectivity index (χ2v) is 12.0. The molecule has 0 bridgehead atoms. The zero-order valence-electron chi connectivity index (χ0n) is 21.0. The van der Waals surface area contributed by atoms with Crippen molar-refractivity contribution in [1.82, 2.24) is 9.97 Å². The molecule has 1 heterocycles. The first-order valence-corrected chi connectivity index (χ1v) is 14.9. The maximum atomic E-state index is 11.1. The van der Waals surface area contributed by atoms with Gasteiger partial charge in [0.15, 0.2) is 5.16 Å². The van der Waals surface area contributed by atoms with Gasteiger partial charge in [0, 0.05) is 10.9 Å². The smallest absolute Gasteiger partial charge is 0.335 e. The molecule has 2 rings (SSSR count). The van der Waals surface area contributed by atoms with Crippen molar-refractivity contribution < 1.29 is 19.1 Å². The van der Waals surface area contributed by atoms with E-state index in [-0.39, 0.29) is 17.5 Å². The molecule has 1 aromatic carbocycles. The van der Waals surface area contributed by atoms with Crippen LogP contribution in [0.3, 0.4) is 0 Å². The lowest BCUT2D eigenvalue weighted by Gasteiger charge is -2.11. The number of hydrogen-bond acceptors (Lipinski definition) is 4. The normalized spacial score (nSPS) is 14.7. The number of imidazole rings is 1. The lowest BCUT2D eigenvalue weighted by Crippen LogP contribution is -2.00. The van der Waals surface area contributed by atoms with E-state index in [0.29, 0.717) is 15.7 Å². The Bertz CT molecular complexity index is 1150. The SMILES string of the molecule is CC=C(/C=C\C(C)c1cc2[nH]c(SCP(=O)(O)O)nc2cc1Cl)CC=CC(=CCCC)OC(C)C. The number of rotatable bonds is 13. The number of ether oxygens (including phenoxy) is 1. The summed E-state index contributed by atoms with van der Waals surface area (Å²) in [6.07, 6.45) is 15.6. The van der Waals surface area contributed by atoms with Crippen molar-refractivity contribution >= 4 is 42.0 Å². The average molecular weight is 539 g/mol. The van der Waals surface area contributed by atoms with Gasteiger partial charge in [0.2, 0.25) is 0 Å². The fourth-order valence-electron chi connectivity index (χ4n) is 3.27. The van der Waals surface area contributed by atoms with Crippen LogP contribution in [0.25, 0.3) is 11.0 Å². The zero-order chi connectivity index (χ0) is 26.0. The third-order valence-corrected chi connectivity index (χ3v) is 7.71. The molecule has 3 N–H and O–H groups in total. The number of unbranched alkanes of at least 4 members (excludes halogenated alkanes) is 1. The highest BCUT2D eigenvalue weighted by Crippen LogP contribution is 2.41. The van der Waals surface area contributed by atoms with E-state index < -0.39 is 7.60 Å². The van der Waals surface area contributed by atoms with Crippen molar-refractivity contribution in [2.75, 3.05) is 5.49 Å². The van der Waals surface area contributed by atoms with Crippen LogP contribution in [-0.4, -0.2) is 31.4 Å². The predicted molar refractivity (Wildman–Crippen MR) is 148 cm³/mol. The monoisotopic (exact) mass is 538 g/mol. The lowest BCUT2D eigenvalue weighted by molar-refractivity contribution is 0.157. The van der Waals surface area contributed by atoms with Crippen LogP contribution in [0.5, 0.6) is 0 Å². The van der Waals surface area contributed by atoms with Crippen molar-refractivity contribution in [1.29, 1.82) is 0 Å². The van der Waals surface area contributed by atoms with Crippen LogP contribution >= 0.6 is 31.0 Å². The predicted octanol–water partition coefficient (Wildman–Crippen LogP) is 8.10. The molecule has 0 aliphatic rings. The van der Waals surface area contributed by atoms with Crippen LogP contribution in [0.15, 0.2) is 65.1 Å². The summed E-state index contributed by atoms with van der Waals surface area (Å²) in [5.74, 6) is 0.970. The van der Waals surface area contributed by atoms with E-state index >= 15 is 0 Å². The molecule has 0 spiro atoms. The van der Waals surface area contributed by atoms with E-state index in [4.69, 9.17) is 26.1 Å². The Hall–Kier alpha value is -1.76. The van der Waals surface area contributed by atoms with Crippen molar-refractivity contribution in [2.24, 2.45) is 0 Å². The second kappa shape index (κ2) is 14.1. The van der Waals surface area contributed by atoms with Gasteiger partial charge in [-0.25, -0.2) is 4.98 Å². The summed E-state index contributed by atoms with van der Waals surface area (Å²) in [7, 11) is -4.11. The molecule has 0 amide bonds. The molecule has 0 aliphatic heterocycles. The van der Waals surface area contributed by atoms with Crippen molar-refractivity contribution in [3.8, 4) is 0 Å². The average Bonchev–Trinajstić information content (AvgIpc) is 3.18. The van der Waals surface area contributed by atoms with E-state index in [2.05, 4.69) is 54.2 Å². The van der Waals surface area contributed by atoms with Gasteiger partial charge < -0.3 is 19.5 Å². The quantitative estimate of drug-likeness (QED) is 0.103. The summed E-state index contributed by atoms with van der Waals surface area (Å²) >= 11 is 7.54. The van der Waals surface area contributed by atoms with Gasteiger partial charge in [-0.2, -0.15) is 0 Å². The Labute approximate surface area is 217 Å². The first kappa shape index (κ1) is 29.5. The zero-order valence-corrected chi connectivity index (χ0v) is 23.5. The fourth-order valence-corrected chi connectivity index (χ4v) is 5.10. The van der Waals surface area contributed by atoms with Gasteiger partial charge in [0.05, 0.1) is 17.1 Å². The van der Waals surface area contributed by atoms with Crippen LogP contribution in [-0.2, 0) is 9.30 Å². The first-order valence-electron chi connectivity index (χ1n) is 11.8. The van der Waals surface area contributed by atoms with Crippen LogP contribution in [0.1, 0.15) is 65.4 Å². The van der Waals surface area contributed by atoms with E-state index in [1.54, 1.807) is 6.07 Å². The number of thioether (sulfide) groups is 1. The van der Waals surface area contributed by atoms with Crippen molar-refractivity contribution in [3.63, 3.8) is 0 Å². The largest absolute Gasteiger partial charge is 0.491 e. The number of hydrogen-bond donors (Lipinski definition) is 3. The van der Waals surface area contributed by atoms with E-state index in [9.17, 15) is 4.57 Å². The number of aromatic nitrogens is 2. The molecule has 0 aliphatic carbocycles. The molecule has 35 heavy (non-hydrogen) atoms. The number of allylic oxidation sites excluding steroid dienone is 7. The minimum atomic E-state index is -4.11. The number of halogens is 1. The molecule has 6 nitrogen and oxygen atoms in total. The van der Waals surface area contributed by atoms with Gasteiger partial charge in [-0.1, -0.05) is 67.9 Å². The summed E-state index contributed by atoms with van der Waals surface area (Å²) in [5, 5.41) is 1.06. The molecule has 0 saturated heterocycles. The summed E-state index contributed by atoms with van der Waals surface area (Å²) in [6.45, 7) is 10.3. The van der Waals surface area contributed by atoms with Gasteiger partial charge in [-0.3, -0.25) is 4.57 Å². The van der Waals surface area contributed by atoms with E-state index in [1.165, 1.54) is 5.57 Å². The van der Waals surface area contributed by atoms with Crippen LogP contribution in [0, 0.1) is 0 Å². The Kier molecular flexibility index (Phi) is 11.9. The number of benzene rings is 1. The molecule has 1 atom stereocenters. The fraction of sp³-hybridized carbons (Fsp3) is 0.423.